The van der Waals surface area contributed by atoms with Gasteiger partial charge in [-0.3, -0.25) is 0 Å². The lowest BCUT2D eigenvalue weighted by atomic mass is 10.2. The Bertz CT molecular complexity index is 315. The molecular weight excluding hydrogens is 233 g/mol. The molecule has 2 N–H and O–H groups in total. The Hall–Kier alpha value is -0.280. The predicted octanol–water partition coefficient (Wildman–Crippen LogP) is 2.85. The average molecular weight is 248 g/mol. The number of benzene rings is 1. The van der Waals surface area contributed by atoms with Crippen LogP contribution in [0, 0.1) is 0 Å². The third-order valence-corrected chi connectivity index (χ3v) is 2.94. The summed E-state index contributed by atoms with van der Waals surface area (Å²) in [5.41, 5.74) is 0.981. The summed E-state index contributed by atoms with van der Waals surface area (Å²) in [6.07, 6.45) is 0.463. The van der Waals surface area contributed by atoms with Crippen molar-refractivity contribution >= 4 is 23.2 Å². The molecule has 0 fully saturated rings. The number of hydrogen-bond acceptors (Lipinski definition) is 2. The lowest BCUT2D eigenvalue weighted by Crippen LogP contribution is -2.18. The minimum atomic E-state index is -0.271. The van der Waals surface area contributed by atoms with E-state index in [1.807, 2.05) is 12.1 Å². The molecule has 0 aliphatic carbocycles. The van der Waals surface area contributed by atoms with Gasteiger partial charge < -0.3 is 10.4 Å². The van der Waals surface area contributed by atoms with Gasteiger partial charge in [0.15, 0.2) is 0 Å². The largest absolute Gasteiger partial charge is 0.393 e. The molecule has 15 heavy (non-hydrogen) atoms. The highest BCUT2D eigenvalue weighted by Crippen LogP contribution is 2.25. The van der Waals surface area contributed by atoms with Crippen molar-refractivity contribution in [3.8, 4) is 0 Å². The van der Waals surface area contributed by atoms with Gasteiger partial charge in [-0.1, -0.05) is 35.3 Å². The zero-order valence-electron chi connectivity index (χ0n) is 8.63. The van der Waals surface area contributed by atoms with Crippen LogP contribution in [-0.2, 0) is 6.54 Å². The van der Waals surface area contributed by atoms with Crippen LogP contribution >= 0.6 is 23.2 Å². The van der Waals surface area contributed by atoms with Gasteiger partial charge in [-0.25, -0.2) is 0 Å². The van der Waals surface area contributed by atoms with Crippen molar-refractivity contribution in [2.75, 3.05) is 6.54 Å². The van der Waals surface area contributed by atoms with Gasteiger partial charge in [0, 0.05) is 6.54 Å². The van der Waals surface area contributed by atoms with E-state index in [0.717, 1.165) is 18.5 Å². The number of hydrogen-bond donors (Lipinski definition) is 2. The Morgan fingerprint density at radius 3 is 2.80 bits per heavy atom. The van der Waals surface area contributed by atoms with E-state index in [1.54, 1.807) is 13.0 Å². The average Bonchev–Trinajstić information content (AvgIpc) is 2.18. The highest BCUT2D eigenvalue weighted by molar-refractivity contribution is 6.42. The topological polar surface area (TPSA) is 32.3 Å². The molecule has 0 aliphatic heterocycles. The van der Waals surface area contributed by atoms with Crippen molar-refractivity contribution in [2.24, 2.45) is 0 Å². The maximum absolute atomic E-state index is 9.06. The zero-order valence-corrected chi connectivity index (χ0v) is 10.1. The van der Waals surface area contributed by atoms with Crippen LogP contribution in [0.2, 0.25) is 10.0 Å². The van der Waals surface area contributed by atoms with Crippen LogP contribution in [0.15, 0.2) is 18.2 Å². The van der Waals surface area contributed by atoms with Gasteiger partial charge in [0.2, 0.25) is 0 Å². The van der Waals surface area contributed by atoms with Gasteiger partial charge >= 0.3 is 0 Å². The molecule has 84 valence electrons. The SMILES string of the molecule is CC(O)CCNCc1cccc(Cl)c1Cl. The molecule has 0 saturated carbocycles. The normalized spacial score (nSPS) is 12.8. The Morgan fingerprint density at radius 1 is 1.40 bits per heavy atom. The van der Waals surface area contributed by atoms with Crippen LogP contribution in [0.4, 0.5) is 0 Å². The van der Waals surface area contributed by atoms with Gasteiger partial charge in [0.1, 0.15) is 0 Å². The van der Waals surface area contributed by atoms with Gasteiger partial charge in [-0.05, 0) is 31.5 Å². The second-order valence-electron chi connectivity index (χ2n) is 3.53. The Labute approximate surface area is 100 Å². The molecule has 1 atom stereocenters. The fourth-order valence-electron chi connectivity index (χ4n) is 1.22. The number of rotatable bonds is 5. The van der Waals surface area contributed by atoms with Crippen LogP contribution in [0.25, 0.3) is 0 Å². The van der Waals surface area contributed by atoms with Crippen LogP contribution in [0.1, 0.15) is 18.9 Å². The maximum Gasteiger partial charge on any atom is 0.0637 e. The fraction of sp³-hybridized carbons (Fsp3) is 0.455. The molecule has 1 rings (SSSR count). The Morgan fingerprint density at radius 2 is 2.13 bits per heavy atom. The van der Waals surface area contributed by atoms with Gasteiger partial charge in [0.25, 0.3) is 0 Å². The van der Waals surface area contributed by atoms with Crippen LogP contribution in [0.3, 0.4) is 0 Å². The number of aliphatic hydroxyl groups is 1. The van der Waals surface area contributed by atoms with Crippen molar-refractivity contribution in [2.45, 2.75) is 26.0 Å². The molecule has 1 aromatic carbocycles. The molecule has 4 heteroatoms. The van der Waals surface area contributed by atoms with Crippen molar-refractivity contribution in [3.05, 3.63) is 33.8 Å². The predicted molar refractivity (Wildman–Crippen MR) is 64.5 cm³/mol. The maximum atomic E-state index is 9.06. The number of nitrogens with one attached hydrogen (secondary N) is 1. The highest BCUT2D eigenvalue weighted by atomic mass is 35.5. The summed E-state index contributed by atoms with van der Waals surface area (Å²) in [5, 5.41) is 13.4. The van der Waals surface area contributed by atoms with E-state index in [9.17, 15) is 0 Å². The Kier molecular flexibility index (Phi) is 5.40. The lowest BCUT2D eigenvalue weighted by Gasteiger charge is -2.08. The van der Waals surface area contributed by atoms with E-state index >= 15 is 0 Å². The molecule has 0 heterocycles. The molecule has 0 radical (unpaired) electrons. The molecule has 1 aromatic rings. The van der Waals surface area contributed by atoms with E-state index in [4.69, 9.17) is 28.3 Å². The molecule has 0 saturated heterocycles. The second-order valence-corrected chi connectivity index (χ2v) is 4.31. The Balaban J connectivity index is 2.41. The van der Waals surface area contributed by atoms with Crippen LogP contribution in [0.5, 0.6) is 0 Å². The summed E-state index contributed by atoms with van der Waals surface area (Å²) in [4.78, 5) is 0. The monoisotopic (exact) mass is 247 g/mol. The van der Waals surface area contributed by atoms with Gasteiger partial charge in [0.05, 0.1) is 16.1 Å². The summed E-state index contributed by atoms with van der Waals surface area (Å²) in [7, 11) is 0. The third kappa shape index (κ3) is 4.39. The van der Waals surface area contributed by atoms with Gasteiger partial charge in [-0.15, -0.1) is 0 Å². The first kappa shape index (κ1) is 12.8. The molecule has 0 amide bonds. The number of aliphatic hydroxyl groups excluding tert-OH is 1. The minimum Gasteiger partial charge on any atom is -0.393 e. The quantitative estimate of drug-likeness (QED) is 0.785. The first-order valence-electron chi connectivity index (χ1n) is 4.93. The fourth-order valence-corrected chi connectivity index (χ4v) is 1.61. The third-order valence-electron chi connectivity index (χ3n) is 2.09. The van der Waals surface area contributed by atoms with Crippen molar-refractivity contribution in [3.63, 3.8) is 0 Å². The lowest BCUT2D eigenvalue weighted by molar-refractivity contribution is 0.183. The van der Waals surface area contributed by atoms with Gasteiger partial charge in [-0.2, -0.15) is 0 Å². The molecule has 0 spiro atoms. The van der Waals surface area contributed by atoms with E-state index in [-0.39, 0.29) is 6.10 Å². The smallest absolute Gasteiger partial charge is 0.0637 e. The number of halogens is 2. The summed E-state index contributed by atoms with van der Waals surface area (Å²) in [5.74, 6) is 0. The standard InChI is InChI=1S/C11H15Cl2NO/c1-8(15)5-6-14-7-9-3-2-4-10(12)11(9)13/h2-4,8,14-15H,5-7H2,1H3. The van der Waals surface area contributed by atoms with Crippen molar-refractivity contribution < 1.29 is 5.11 Å². The van der Waals surface area contributed by atoms with E-state index < -0.39 is 0 Å². The highest BCUT2D eigenvalue weighted by Gasteiger charge is 2.03. The summed E-state index contributed by atoms with van der Waals surface area (Å²) >= 11 is 11.9. The molecule has 0 aliphatic rings. The summed E-state index contributed by atoms with van der Waals surface area (Å²) < 4.78 is 0. The van der Waals surface area contributed by atoms with E-state index in [1.165, 1.54) is 0 Å². The first-order chi connectivity index (χ1) is 7.11. The molecule has 1 unspecified atom stereocenters. The van der Waals surface area contributed by atoms with Crippen LogP contribution in [-0.4, -0.2) is 17.8 Å². The van der Waals surface area contributed by atoms with Crippen molar-refractivity contribution in [1.82, 2.24) is 5.32 Å². The minimum absolute atomic E-state index is 0.271. The second kappa shape index (κ2) is 6.33. The van der Waals surface area contributed by atoms with E-state index in [2.05, 4.69) is 5.32 Å². The summed E-state index contributed by atoms with van der Waals surface area (Å²) in [6, 6.07) is 5.58. The molecule has 0 aromatic heterocycles. The summed E-state index contributed by atoms with van der Waals surface area (Å²) in [6.45, 7) is 3.21. The van der Waals surface area contributed by atoms with Crippen LogP contribution < -0.4 is 5.32 Å². The van der Waals surface area contributed by atoms with E-state index in [0.29, 0.717) is 16.6 Å². The first-order valence-corrected chi connectivity index (χ1v) is 5.68. The van der Waals surface area contributed by atoms with Crippen molar-refractivity contribution in [1.29, 1.82) is 0 Å². The molecule has 2 nitrogen and oxygen atoms in total. The zero-order chi connectivity index (χ0) is 11.3. The molecular formula is C11H15Cl2NO. The molecule has 0 bridgehead atoms.